The lowest BCUT2D eigenvalue weighted by Crippen LogP contribution is -2.40. The molecule has 9 aliphatic rings. The molecule has 3 heterocycles. The van der Waals surface area contributed by atoms with Crippen LogP contribution in [-0.2, 0) is 0 Å². The molecule has 6 unspecified atom stereocenters. The Hall–Kier alpha value is -5.87. The van der Waals surface area contributed by atoms with Crippen molar-refractivity contribution in [3.63, 3.8) is 0 Å². The van der Waals surface area contributed by atoms with Gasteiger partial charge in [0.2, 0.25) is 0 Å². The van der Waals surface area contributed by atoms with Crippen molar-refractivity contribution in [1.29, 1.82) is 5.26 Å². The zero-order chi connectivity index (χ0) is 62.4. The van der Waals surface area contributed by atoms with Gasteiger partial charge in [-0.2, -0.15) is 5.26 Å². The molecule has 6 atom stereocenters. The smallest absolute Gasteiger partial charge is 0.102 e. The van der Waals surface area contributed by atoms with Gasteiger partial charge in [-0.3, -0.25) is 0 Å². The summed E-state index contributed by atoms with van der Waals surface area (Å²) in [5.41, 5.74) is 25.7. The minimum absolute atomic E-state index is 0.0133. The van der Waals surface area contributed by atoms with E-state index >= 15 is 0 Å². The Kier molecular flexibility index (Phi) is 15.3. The van der Waals surface area contributed by atoms with Crippen molar-refractivity contribution in [2.24, 2.45) is 50.2 Å². The highest BCUT2D eigenvalue weighted by atomic mass is 32.2. The van der Waals surface area contributed by atoms with Gasteiger partial charge in [-0.25, -0.2) is 0 Å². The summed E-state index contributed by atoms with van der Waals surface area (Å²) in [5, 5.41) is 13.1. The SMILES string of the molecule is CSc1ccc(-c2c(C#N)c(N3C4=C(C=C(C(C)(C)C)CC4)C4C=C(C(C)(C)C)C=CC43)c(N3C4=C(C=C(C(C)(C)C)CC4)C4C=C(C(C)(C)C)C=CC43)c(-c3ccc(SC)cc3)c2N2C3=C(C=C(C(C)(C)C)CC3)C3C=C(C(C)(C)C)C=CC32)cc1. The van der Waals surface area contributed by atoms with E-state index in [2.05, 4.69) is 279 Å². The van der Waals surface area contributed by atoms with Gasteiger partial charge in [-0.1, -0.05) is 239 Å². The van der Waals surface area contributed by atoms with Gasteiger partial charge < -0.3 is 14.7 Å². The number of nitrogens with zero attached hydrogens (tertiary/aromatic N) is 4. The number of anilines is 3. The van der Waals surface area contributed by atoms with Crippen LogP contribution in [0.4, 0.5) is 17.1 Å². The van der Waals surface area contributed by atoms with Gasteiger partial charge >= 0.3 is 0 Å². The minimum Gasteiger partial charge on any atom is -0.336 e. The first-order valence-electron chi connectivity index (χ1n) is 32.7. The highest BCUT2D eigenvalue weighted by molar-refractivity contribution is 7.98. The number of thioether (sulfide) groups is 2. The average Bonchev–Trinajstić information content (AvgIpc) is 1.66. The van der Waals surface area contributed by atoms with Crippen LogP contribution in [0, 0.1) is 61.6 Å². The monoisotopic (exact) mass is 1190 g/mol. The molecule has 454 valence electrons. The second kappa shape index (κ2) is 21.7. The maximum absolute atomic E-state index is 13.1. The number of hydrogen-bond acceptors (Lipinski definition) is 6. The zero-order valence-corrected chi connectivity index (χ0v) is 58.0. The van der Waals surface area contributed by atoms with E-state index in [-0.39, 0.29) is 68.4 Å². The van der Waals surface area contributed by atoms with E-state index in [4.69, 9.17) is 0 Å². The Bertz CT molecular complexity index is 3800. The Labute approximate surface area is 533 Å². The molecule has 6 aliphatic carbocycles. The standard InChI is InChI=1S/C81H98N4S2/c1-76(2,3)50-25-35-65-58(41-50)59-42-51(77(4,5)6)26-36-66(59)83(65)73-64(47-82)71(48-21-31-56(86-19)32-22-48)74(84-67-37-27-52(78(7,8)9)43-60(67)61-44-53(79(10,11)12)28-38-68(61)84)72(49-23-33-57(87-20)34-24-49)75(73)85-69-39-29-54(80(13,14)15)45-62(69)63-46-55(81(16,17)18)30-40-70(63)85/h21-25,27,29,31-35,37,39,41-46,58,60,62,65,67,69H,26,28,30,36,38,40H2,1-20H3. The van der Waals surface area contributed by atoms with Gasteiger partial charge in [0.05, 0.1) is 40.8 Å². The third kappa shape index (κ3) is 10.7. The number of hydrogen-bond donors (Lipinski definition) is 0. The molecule has 4 nitrogen and oxygen atoms in total. The van der Waals surface area contributed by atoms with E-state index in [1.54, 1.807) is 23.5 Å². The number of rotatable bonds is 7. The van der Waals surface area contributed by atoms with Crippen molar-refractivity contribution in [2.75, 3.05) is 27.2 Å². The molecule has 0 saturated heterocycles. The van der Waals surface area contributed by atoms with E-state index in [0.717, 1.165) is 66.6 Å². The second-order valence-corrected chi connectivity index (χ2v) is 34.3. The van der Waals surface area contributed by atoms with Crippen LogP contribution in [0.15, 0.2) is 198 Å². The molecule has 0 bridgehead atoms. The Morgan fingerprint density at radius 2 is 0.701 bits per heavy atom. The largest absolute Gasteiger partial charge is 0.336 e. The summed E-state index contributed by atoms with van der Waals surface area (Å²) in [6, 6.07) is 22.0. The van der Waals surface area contributed by atoms with E-state index in [1.165, 1.54) is 93.9 Å². The zero-order valence-electron chi connectivity index (χ0n) is 56.4. The third-order valence-electron chi connectivity index (χ3n) is 20.8. The molecule has 0 saturated carbocycles. The Morgan fingerprint density at radius 1 is 0.391 bits per heavy atom. The molecule has 3 aliphatic heterocycles. The van der Waals surface area contributed by atoms with Crippen molar-refractivity contribution in [2.45, 2.75) is 191 Å². The van der Waals surface area contributed by atoms with Gasteiger partial charge in [0, 0.05) is 55.8 Å². The normalized spacial score (nSPS) is 24.7. The molecular formula is C81H98N4S2. The molecule has 3 aromatic rings. The first-order chi connectivity index (χ1) is 40.8. The lowest BCUT2D eigenvalue weighted by molar-refractivity contribution is 0.477. The summed E-state index contributed by atoms with van der Waals surface area (Å²) < 4.78 is 0. The Morgan fingerprint density at radius 3 is 1.00 bits per heavy atom. The fraction of sp³-hybridized carbons (Fsp3) is 0.469. The molecule has 0 spiro atoms. The quantitative estimate of drug-likeness (QED) is 0.219. The molecular weight excluding hydrogens is 1090 g/mol. The fourth-order valence-electron chi connectivity index (χ4n) is 15.7. The van der Waals surface area contributed by atoms with Crippen molar-refractivity contribution < 1.29 is 0 Å². The van der Waals surface area contributed by atoms with Gasteiger partial charge in [-0.15, -0.1) is 23.5 Å². The van der Waals surface area contributed by atoms with E-state index < -0.39 is 0 Å². The number of nitriles is 1. The van der Waals surface area contributed by atoms with Crippen LogP contribution in [0.1, 0.15) is 169 Å². The Balaban J connectivity index is 1.30. The number of fused-ring (bicyclic) bond motifs is 6. The van der Waals surface area contributed by atoms with Gasteiger partial charge in [0.15, 0.2) is 0 Å². The van der Waals surface area contributed by atoms with Crippen LogP contribution in [0.5, 0.6) is 0 Å². The predicted octanol–water partition coefficient (Wildman–Crippen LogP) is 22.4. The summed E-state index contributed by atoms with van der Waals surface area (Å²) >= 11 is 3.58. The van der Waals surface area contributed by atoms with E-state index in [0.29, 0.717) is 0 Å². The summed E-state index contributed by atoms with van der Waals surface area (Å²) in [6.07, 6.45) is 40.8. The third-order valence-corrected chi connectivity index (χ3v) is 22.3. The first kappa shape index (κ1) is 61.4. The van der Waals surface area contributed by atoms with Crippen molar-refractivity contribution >= 4 is 40.6 Å². The van der Waals surface area contributed by atoms with Crippen LogP contribution in [0.25, 0.3) is 22.3 Å². The van der Waals surface area contributed by atoms with Crippen molar-refractivity contribution in [1.82, 2.24) is 0 Å². The number of allylic oxidation sites excluding steroid dienone is 15. The van der Waals surface area contributed by atoms with E-state index in [1.807, 2.05) is 0 Å². The van der Waals surface area contributed by atoms with Crippen molar-refractivity contribution in [3.8, 4) is 28.3 Å². The molecule has 0 aromatic heterocycles. The first-order valence-corrected chi connectivity index (χ1v) is 35.1. The van der Waals surface area contributed by atoms with Crippen LogP contribution in [-0.4, -0.2) is 30.6 Å². The van der Waals surface area contributed by atoms with Crippen LogP contribution < -0.4 is 14.7 Å². The molecule has 12 rings (SSSR count). The molecule has 0 amide bonds. The molecule has 3 aromatic carbocycles. The van der Waals surface area contributed by atoms with E-state index in [9.17, 15) is 5.26 Å². The van der Waals surface area contributed by atoms with Crippen molar-refractivity contribution in [3.05, 3.63) is 194 Å². The maximum Gasteiger partial charge on any atom is 0.102 e. The predicted molar refractivity (Wildman–Crippen MR) is 376 cm³/mol. The van der Waals surface area contributed by atoms with Crippen LogP contribution in [0.3, 0.4) is 0 Å². The molecule has 0 fully saturated rings. The van der Waals surface area contributed by atoms with Gasteiger partial charge in [0.1, 0.15) is 6.07 Å². The van der Waals surface area contributed by atoms with Gasteiger partial charge in [-0.05, 0) is 152 Å². The summed E-state index contributed by atoms with van der Waals surface area (Å²) in [5.74, 6) is 0.320. The highest BCUT2D eigenvalue weighted by Gasteiger charge is 2.52. The maximum atomic E-state index is 13.1. The van der Waals surface area contributed by atoms with Crippen LogP contribution >= 0.6 is 23.5 Å². The fourth-order valence-corrected chi connectivity index (χ4v) is 16.5. The van der Waals surface area contributed by atoms with Crippen LogP contribution in [0.2, 0.25) is 0 Å². The lowest BCUT2D eigenvalue weighted by atomic mass is 9.75. The summed E-state index contributed by atoms with van der Waals surface area (Å²) in [6.45, 7) is 42.9. The topological polar surface area (TPSA) is 33.5 Å². The average molecular weight is 1190 g/mol. The lowest BCUT2D eigenvalue weighted by Gasteiger charge is -2.44. The number of benzene rings is 3. The molecule has 0 N–H and O–H groups in total. The molecule has 0 radical (unpaired) electrons. The highest BCUT2D eigenvalue weighted by Crippen LogP contribution is 2.64. The molecule has 87 heavy (non-hydrogen) atoms. The molecule has 6 heteroatoms. The van der Waals surface area contributed by atoms with Gasteiger partial charge in [0.25, 0.3) is 0 Å². The summed E-state index contributed by atoms with van der Waals surface area (Å²) in [7, 11) is 0. The minimum atomic E-state index is -0.0568. The second-order valence-electron chi connectivity index (χ2n) is 32.6. The summed E-state index contributed by atoms with van der Waals surface area (Å²) in [4.78, 5) is 10.9.